The second-order valence-electron chi connectivity index (χ2n) is 11.3. The van der Waals surface area contributed by atoms with E-state index in [2.05, 4.69) is 34.1 Å². The van der Waals surface area contributed by atoms with Crippen LogP contribution in [0.25, 0.3) is 22.2 Å². The van der Waals surface area contributed by atoms with Crippen molar-refractivity contribution in [3.8, 4) is 22.8 Å². The Balaban J connectivity index is 1.42. The Morgan fingerprint density at radius 2 is 1.78 bits per heavy atom. The van der Waals surface area contributed by atoms with E-state index in [0.29, 0.717) is 18.3 Å². The first kappa shape index (κ1) is 22.6. The summed E-state index contributed by atoms with van der Waals surface area (Å²) in [4.78, 5) is 19.8. The van der Waals surface area contributed by atoms with Crippen molar-refractivity contribution in [1.29, 1.82) is 0 Å². The Morgan fingerprint density at radius 1 is 1.06 bits per heavy atom. The second-order valence-corrected chi connectivity index (χ2v) is 12.4. The molecule has 1 atom stereocenters. The molecule has 1 aromatic heterocycles. The molecule has 188 valence electrons. The number of fused-ring (bicyclic) bond motifs is 1. The van der Waals surface area contributed by atoms with E-state index in [-0.39, 0.29) is 10.9 Å². The first-order valence-electron chi connectivity index (χ1n) is 13.4. The van der Waals surface area contributed by atoms with Crippen molar-refractivity contribution in [3.05, 3.63) is 48.0 Å². The standard InChI is InChI=1S/C30H34N2O3S/c1-3-35-21-8-9-24-23(13-21)27(28(31-24)22-6-4-5-7-25(22)34-2)29-32(26(33)17-36-29)30-14-18-10-19(15-30)12-20(11-18)16-30/h4-9,13,18-20,29,31H,3,10-12,14-17H2,1-2H3. The van der Waals surface area contributed by atoms with Crippen molar-refractivity contribution in [2.75, 3.05) is 19.5 Å². The Bertz CT molecular complexity index is 1300. The van der Waals surface area contributed by atoms with Crippen molar-refractivity contribution >= 4 is 28.6 Å². The zero-order valence-corrected chi connectivity index (χ0v) is 21.9. The van der Waals surface area contributed by atoms with Gasteiger partial charge in [-0.1, -0.05) is 12.1 Å². The van der Waals surface area contributed by atoms with Crippen LogP contribution in [0.2, 0.25) is 0 Å². The van der Waals surface area contributed by atoms with Gasteiger partial charge in [-0.3, -0.25) is 4.79 Å². The molecule has 4 bridgehead atoms. The van der Waals surface area contributed by atoms with Crippen LogP contribution in [0, 0.1) is 17.8 Å². The number of amides is 1. The largest absolute Gasteiger partial charge is 0.496 e. The van der Waals surface area contributed by atoms with Crippen LogP contribution in [-0.4, -0.2) is 40.8 Å². The maximum atomic E-state index is 13.7. The van der Waals surface area contributed by atoms with E-state index >= 15 is 0 Å². The van der Waals surface area contributed by atoms with E-state index in [4.69, 9.17) is 9.47 Å². The van der Waals surface area contributed by atoms with Crippen LogP contribution < -0.4 is 9.47 Å². The zero-order valence-electron chi connectivity index (χ0n) is 21.1. The molecule has 8 rings (SSSR count). The van der Waals surface area contributed by atoms with Crippen LogP contribution >= 0.6 is 11.8 Å². The number of carbonyl (C=O) groups is 1. The normalized spacial score (nSPS) is 30.9. The Labute approximate surface area is 216 Å². The van der Waals surface area contributed by atoms with Gasteiger partial charge in [0.1, 0.15) is 16.9 Å². The van der Waals surface area contributed by atoms with Gasteiger partial charge in [0, 0.05) is 27.6 Å². The smallest absolute Gasteiger partial charge is 0.234 e. The molecule has 5 nitrogen and oxygen atoms in total. The maximum absolute atomic E-state index is 13.7. The third kappa shape index (κ3) is 3.40. The lowest BCUT2D eigenvalue weighted by molar-refractivity contribution is -0.148. The van der Waals surface area contributed by atoms with Crippen molar-refractivity contribution in [2.45, 2.75) is 56.4 Å². The van der Waals surface area contributed by atoms with E-state index in [1.165, 1.54) is 44.1 Å². The Hall–Kier alpha value is -2.60. The third-order valence-corrected chi connectivity index (χ3v) is 10.3. The molecule has 1 unspecified atom stereocenters. The summed E-state index contributed by atoms with van der Waals surface area (Å²) in [6.07, 6.45) is 7.65. The predicted octanol–water partition coefficient (Wildman–Crippen LogP) is 6.79. The second kappa shape index (κ2) is 8.47. The van der Waals surface area contributed by atoms with Crippen molar-refractivity contribution in [1.82, 2.24) is 9.88 Å². The lowest BCUT2D eigenvalue weighted by Crippen LogP contribution is -2.60. The lowest BCUT2D eigenvalue weighted by Gasteiger charge is -2.60. The lowest BCUT2D eigenvalue weighted by atomic mass is 9.52. The molecule has 1 saturated heterocycles. The average Bonchev–Trinajstić information content (AvgIpc) is 3.43. The van der Waals surface area contributed by atoms with Crippen molar-refractivity contribution in [3.63, 3.8) is 0 Å². The molecular weight excluding hydrogens is 468 g/mol. The van der Waals surface area contributed by atoms with E-state index in [0.717, 1.165) is 51.4 Å². The molecule has 2 heterocycles. The van der Waals surface area contributed by atoms with E-state index in [1.807, 2.05) is 25.1 Å². The molecule has 36 heavy (non-hydrogen) atoms. The molecule has 0 spiro atoms. The molecular formula is C30H34N2O3S. The number of nitrogens with one attached hydrogen (secondary N) is 1. The number of thioether (sulfide) groups is 1. The fraction of sp³-hybridized carbons (Fsp3) is 0.500. The number of methoxy groups -OCH3 is 1. The van der Waals surface area contributed by atoms with Crippen LogP contribution in [0.15, 0.2) is 42.5 Å². The molecule has 6 heteroatoms. The number of benzene rings is 2. The average molecular weight is 503 g/mol. The highest BCUT2D eigenvalue weighted by Crippen LogP contribution is 2.62. The molecule has 1 amide bonds. The molecule has 4 saturated carbocycles. The number of aromatic amines is 1. The van der Waals surface area contributed by atoms with Crippen molar-refractivity contribution < 1.29 is 14.3 Å². The van der Waals surface area contributed by atoms with E-state index < -0.39 is 0 Å². The van der Waals surface area contributed by atoms with Gasteiger partial charge in [-0.05, 0) is 93.5 Å². The van der Waals surface area contributed by atoms with Gasteiger partial charge in [0.2, 0.25) is 5.91 Å². The summed E-state index contributed by atoms with van der Waals surface area (Å²) in [5.41, 5.74) is 4.37. The SMILES string of the molecule is CCOc1ccc2[nH]c(-c3ccccc3OC)c(C3SCC(=O)N3C34CC5CC(CC(C5)C3)C4)c2c1. The topological polar surface area (TPSA) is 54.6 Å². The van der Waals surface area contributed by atoms with Gasteiger partial charge in [-0.15, -0.1) is 11.8 Å². The minimum absolute atomic E-state index is 0.0131. The predicted molar refractivity (Wildman–Crippen MR) is 144 cm³/mol. The fourth-order valence-electron chi connectivity index (χ4n) is 8.28. The van der Waals surface area contributed by atoms with Gasteiger partial charge < -0.3 is 19.4 Å². The van der Waals surface area contributed by atoms with Gasteiger partial charge in [-0.2, -0.15) is 0 Å². The zero-order chi connectivity index (χ0) is 24.4. The highest BCUT2D eigenvalue weighted by atomic mass is 32.2. The van der Waals surface area contributed by atoms with E-state index in [9.17, 15) is 4.79 Å². The molecule has 2 aromatic carbocycles. The molecule has 4 aliphatic carbocycles. The van der Waals surface area contributed by atoms with Crippen LogP contribution in [0.5, 0.6) is 11.5 Å². The number of hydrogen-bond acceptors (Lipinski definition) is 4. The highest BCUT2D eigenvalue weighted by Gasteiger charge is 2.58. The Morgan fingerprint density at radius 3 is 2.47 bits per heavy atom. The van der Waals surface area contributed by atoms with Crippen molar-refractivity contribution in [2.24, 2.45) is 17.8 Å². The minimum atomic E-state index is -0.0145. The summed E-state index contributed by atoms with van der Waals surface area (Å²) in [6, 6.07) is 14.5. The molecule has 1 N–H and O–H groups in total. The number of H-pyrrole nitrogens is 1. The van der Waals surface area contributed by atoms with Gasteiger partial charge in [0.25, 0.3) is 0 Å². The monoisotopic (exact) mass is 502 g/mol. The van der Waals surface area contributed by atoms with Gasteiger partial charge in [0.15, 0.2) is 0 Å². The van der Waals surface area contributed by atoms with Gasteiger partial charge in [-0.25, -0.2) is 0 Å². The number of carbonyl (C=O) groups excluding carboxylic acids is 1. The maximum Gasteiger partial charge on any atom is 0.234 e. The molecule has 3 aromatic rings. The summed E-state index contributed by atoms with van der Waals surface area (Å²) in [5.74, 6) is 4.94. The number of aromatic nitrogens is 1. The summed E-state index contributed by atoms with van der Waals surface area (Å²) in [5, 5.41) is 1.13. The Kier molecular flexibility index (Phi) is 5.32. The number of para-hydroxylation sites is 1. The quantitative estimate of drug-likeness (QED) is 0.403. The number of rotatable bonds is 6. The van der Waals surface area contributed by atoms with Gasteiger partial charge >= 0.3 is 0 Å². The fourth-order valence-corrected chi connectivity index (χ4v) is 9.62. The third-order valence-electron chi connectivity index (χ3n) is 9.13. The minimum Gasteiger partial charge on any atom is -0.496 e. The number of ether oxygens (including phenoxy) is 2. The van der Waals surface area contributed by atoms with Gasteiger partial charge in [0.05, 0.1) is 25.2 Å². The summed E-state index contributed by atoms with van der Waals surface area (Å²) >= 11 is 1.80. The molecule has 5 fully saturated rings. The highest BCUT2D eigenvalue weighted by molar-refractivity contribution is 8.00. The van der Waals surface area contributed by atoms with Crippen LogP contribution in [-0.2, 0) is 4.79 Å². The summed E-state index contributed by atoms with van der Waals surface area (Å²) in [6.45, 7) is 2.64. The van der Waals surface area contributed by atoms with Crippen LogP contribution in [0.4, 0.5) is 0 Å². The number of nitrogens with zero attached hydrogens (tertiary/aromatic N) is 1. The first-order chi connectivity index (χ1) is 17.6. The van der Waals surface area contributed by atoms with E-state index in [1.54, 1.807) is 18.9 Å². The first-order valence-corrected chi connectivity index (χ1v) is 14.5. The summed E-state index contributed by atoms with van der Waals surface area (Å²) in [7, 11) is 1.73. The van der Waals surface area contributed by atoms with Crippen LogP contribution in [0.3, 0.4) is 0 Å². The molecule has 0 radical (unpaired) electrons. The molecule has 5 aliphatic rings. The summed E-state index contributed by atoms with van der Waals surface area (Å²) < 4.78 is 11.7. The molecule has 1 aliphatic heterocycles. The number of hydrogen-bond donors (Lipinski definition) is 1. The van der Waals surface area contributed by atoms with Crippen LogP contribution in [0.1, 0.15) is 56.4 Å².